The van der Waals surface area contributed by atoms with E-state index in [4.69, 9.17) is 11.6 Å². The Balaban J connectivity index is 0.00000272. The van der Waals surface area contributed by atoms with Gasteiger partial charge in [-0.1, -0.05) is 0 Å². The molecule has 1 fully saturated rings. The summed E-state index contributed by atoms with van der Waals surface area (Å²) in [5.41, 5.74) is 3.57. The number of carbonyl (C=O) groups excluding carboxylic acids is 3. The van der Waals surface area contributed by atoms with Crippen molar-refractivity contribution in [3.05, 3.63) is 70.9 Å². The summed E-state index contributed by atoms with van der Waals surface area (Å²) in [6.45, 7) is 3.29. The van der Waals surface area contributed by atoms with E-state index in [0.717, 1.165) is 24.8 Å². The van der Waals surface area contributed by atoms with E-state index in [1.807, 2.05) is 30.0 Å². The molecule has 2 aromatic carbocycles. The van der Waals surface area contributed by atoms with Gasteiger partial charge >= 0.3 is 0 Å². The molecule has 0 saturated carbocycles. The van der Waals surface area contributed by atoms with Crippen molar-refractivity contribution in [2.24, 2.45) is 5.92 Å². The van der Waals surface area contributed by atoms with Crippen molar-refractivity contribution < 1.29 is 47.1 Å². The standard InChI is InChI=1S/C24H22ClN2O3.Y/c1-15-11-21-19(20(14-26-21)22(28)23(25)29)13-18(15)24(30)27-9-7-17(8-10-27)12-16-5-3-2-4-6-16;/h3-6,11,13-14,17,26H,7-10,12H2,1H3;/q-1;. The first kappa shape index (κ1) is 23.8. The molecule has 1 aromatic heterocycles. The van der Waals surface area contributed by atoms with Gasteiger partial charge in [-0.25, -0.2) is 0 Å². The zero-order valence-corrected chi connectivity index (χ0v) is 20.9. The number of rotatable bonds is 5. The van der Waals surface area contributed by atoms with Crippen LogP contribution in [0.2, 0.25) is 0 Å². The predicted molar refractivity (Wildman–Crippen MR) is 116 cm³/mol. The van der Waals surface area contributed by atoms with E-state index in [1.165, 1.54) is 11.8 Å². The first-order valence-electron chi connectivity index (χ1n) is 10.0. The summed E-state index contributed by atoms with van der Waals surface area (Å²) < 4.78 is 0. The van der Waals surface area contributed by atoms with Gasteiger partial charge in [0.05, 0.1) is 5.56 Å². The zero-order valence-electron chi connectivity index (χ0n) is 17.3. The second kappa shape index (κ2) is 10.2. The van der Waals surface area contributed by atoms with Crippen LogP contribution in [0, 0.1) is 18.9 Å². The van der Waals surface area contributed by atoms with E-state index in [2.05, 4.69) is 23.2 Å². The van der Waals surface area contributed by atoms with Crippen LogP contribution in [-0.2, 0) is 43.9 Å². The third-order valence-electron chi connectivity index (χ3n) is 5.89. The Morgan fingerprint density at radius 3 is 2.45 bits per heavy atom. The second-order valence-electron chi connectivity index (χ2n) is 7.87. The third-order valence-corrected chi connectivity index (χ3v) is 6.07. The molecule has 2 heterocycles. The second-order valence-corrected chi connectivity index (χ2v) is 8.21. The summed E-state index contributed by atoms with van der Waals surface area (Å²) in [6, 6.07) is 14.6. The molecular weight excluding hydrogens is 489 g/mol. The Hall–Kier alpha value is -1.82. The molecule has 1 N–H and O–H groups in total. The fourth-order valence-electron chi connectivity index (χ4n) is 4.20. The van der Waals surface area contributed by atoms with Gasteiger partial charge in [-0.05, 0) is 61.4 Å². The molecule has 1 aliphatic rings. The van der Waals surface area contributed by atoms with Crippen molar-refractivity contribution in [1.82, 2.24) is 9.88 Å². The van der Waals surface area contributed by atoms with Crippen molar-refractivity contribution in [3.8, 4) is 0 Å². The van der Waals surface area contributed by atoms with E-state index < -0.39 is 11.0 Å². The maximum atomic E-state index is 13.2. The first-order chi connectivity index (χ1) is 14.4. The molecule has 0 aliphatic carbocycles. The number of carbonyl (C=O) groups is 3. The molecule has 0 bridgehead atoms. The summed E-state index contributed by atoms with van der Waals surface area (Å²) >= 11 is 5.37. The minimum absolute atomic E-state index is 0. The monoisotopic (exact) mass is 510 g/mol. The van der Waals surface area contributed by atoms with Gasteiger partial charge in [0.15, 0.2) is 0 Å². The number of hydrogen-bond acceptors (Lipinski definition) is 3. The normalized spacial score (nSPS) is 14.3. The Kier molecular flexibility index (Phi) is 7.84. The third kappa shape index (κ3) is 5.16. The van der Waals surface area contributed by atoms with Crippen LogP contribution in [0.1, 0.15) is 44.7 Å². The van der Waals surface area contributed by atoms with Crippen molar-refractivity contribution in [3.63, 3.8) is 0 Å². The number of halogens is 1. The van der Waals surface area contributed by atoms with Crippen LogP contribution in [0.25, 0.3) is 10.9 Å². The van der Waals surface area contributed by atoms with Crippen molar-refractivity contribution >= 4 is 39.4 Å². The number of aryl methyl sites for hydroxylation is 1. The van der Waals surface area contributed by atoms with Gasteiger partial charge in [-0.3, -0.25) is 14.4 Å². The topological polar surface area (TPSA) is 70.2 Å². The molecule has 1 amide bonds. The molecule has 3 aromatic rings. The molecule has 0 unspecified atom stereocenters. The van der Waals surface area contributed by atoms with Gasteiger partial charge < -0.3 is 9.88 Å². The van der Waals surface area contributed by atoms with Gasteiger partial charge in [0.25, 0.3) is 11.1 Å². The molecule has 157 valence electrons. The average molecular weight is 511 g/mol. The van der Waals surface area contributed by atoms with E-state index in [0.29, 0.717) is 35.5 Å². The Labute approximate surface area is 211 Å². The molecule has 1 radical (unpaired) electrons. The SMILES string of the molecule is Cc1cc2[nH]cc(C(=O)C(=O)Cl)c2cc1C(=O)N1CCC(Cc2cc[c-]cc2)CC1.[Y]. The molecule has 7 heteroatoms. The van der Waals surface area contributed by atoms with Gasteiger partial charge in [0.2, 0.25) is 5.78 Å². The van der Waals surface area contributed by atoms with E-state index in [9.17, 15) is 14.4 Å². The van der Waals surface area contributed by atoms with E-state index in [1.54, 1.807) is 6.07 Å². The molecule has 0 spiro atoms. The summed E-state index contributed by atoms with van der Waals surface area (Å²) in [6.07, 6.45) is 4.40. The number of hydrogen-bond donors (Lipinski definition) is 1. The number of nitrogens with one attached hydrogen (secondary N) is 1. The predicted octanol–water partition coefficient (Wildman–Crippen LogP) is 4.32. The fourth-order valence-corrected chi connectivity index (χ4v) is 4.31. The molecule has 5 nitrogen and oxygen atoms in total. The van der Waals surface area contributed by atoms with Gasteiger partial charge in [0, 0.05) is 68.5 Å². The largest absolute Gasteiger partial charge is 0.360 e. The van der Waals surface area contributed by atoms with Crippen LogP contribution in [0.5, 0.6) is 0 Å². The molecule has 0 atom stereocenters. The number of benzene rings is 2. The number of nitrogens with zero attached hydrogens (tertiary/aromatic N) is 1. The van der Waals surface area contributed by atoms with Gasteiger partial charge in [0.1, 0.15) is 0 Å². The average Bonchev–Trinajstić information content (AvgIpc) is 3.15. The van der Waals surface area contributed by atoms with Crippen molar-refractivity contribution in [2.45, 2.75) is 26.2 Å². The number of likely N-dealkylation sites (tertiary alicyclic amines) is 1. The maximum absolute atomic E-state index is 13.2. The fraction of sp³-hybridized carbons (Fsp3) is 0.292. The smallest absolute Gasteiger partial charge is 0.293 e. The quantitative estimate of drug-likeness (QED) is 0.241. The van der Waals surface area contributed by atoms with Gasteiger partial charge in [-0.15, -0.1) is 0 Å². The minimum atomic E-state index is -1.04. The minimum Gasteiger partial charge on any atom is -0.360 e. The maximum Gasteiger partial charge on any atom is 0.293 e. The van der Waals surface area contributed by atoms with Crippen molar-refractivity contribution in [2.75, 3.05) is 13.1 Å². The number of amides is 1. The number of aromatic amines is 1. The number of fused-ring (bicyclic) bond motifs is 1. The summed E-state index contributed by atoms with van der Waals surface area (Å²) in [5.74, 6) is -0.257. The number of H-pyrrole nitrogens is 1. The molecule has 4 rings (SSSR count). The van der Waals surface area contributed by atoms with Crippen LogP contribution < -0.4 is 0 Å². The number of piperidine rings is 1. The van der Waals surface area contributed by atoms with Crippen molar-refractivity contribution in [1.29, 1.82) is 0 Å². The van der Waals surface area contributed by atoms with E-state index >= 15 is 0 Å². The summed E-state index contributed by atoms with van der Waals surface area (Å²) in [5, 5.41) is -0.499. The number of Topliss-reactive ketones (excluding diaryl/α,β-unsaturated/α-hetero) is 1. The Morgan fingerprint density at radius 1 is 1.13 bits per heavy atom. The molecule has 1 saturated heterocycles. The molecule has 31 heavy (non-hydrogen) atoms. The Bertz CT molecular complexity index is 1120. The number of ketones is 1. The molecular formula is C24H22ClN2O3Y-. The van der Waals surface area contributed by atoms with E-state index in [-0.39, 0.29) is 44.2 Å². The summed E-state index contributed by atoms with van der Waals surface area (Å²) in [7, 11) is 0. The van der Waals surface area contributed by atoms with Crippen LogP contribution in [-0.4, -0.2) is 39.9 Å². The number of aromatic nitrogens is 1. The van der Waals surface area contributed by atoms with Crippen LogP contribution in [0.15, 0.2) is 42.6 Å². The summed E-state index contributed by atoms with van der Waals surface area (Å²) in [4.78, 5) is 41.4. The van der Waals surface area contributed by atoms with Crippen LogP contribution in [0.4, 0.5) is 0 Å². The zero-order chi connectivity index (χ0) is 21.3. The Morgan fingerprint density at radius 2 is 1.81 bits per heavy atom. The van der Waals surface area contributed by atoms with Gasteiger partial charge in [-0.2, -0.15) is 35.9 Å². The van der Waals surface area contributed by atoms with Crippen LogP contribution >= 0.6 is 11.6 Å². The first-order valence-corrected chi connectivity index (χ1v) is 10.4. The molecule has 1 aliphatic heterocycles. The van der Waals surface area contributed by atoms with Crippen LogP contribution in [0.3, 0.4) is 0 Å².